The van der Waals surface area contributed by atoms with Crippen molar-refractivity contribution >= 4 is 22.9 Å². The smallest absolute Gasteiger partial charge is 0.0576 e. The zero-order valence-corrected chi connectivity index (χ0v) is 13.2. The van der Waals surface area contributed by atoms with E-state index in [1.807, 2.05) is 6.07 Å². The SMILES string of the molecule is CCCNC(CCCC1CCCO1)c1sccc1Cl. The third-order valence-corrected chi connectivity index (χ3v) is 5.12. The van der Waals surface area contributed by atoms with Crippen molar-refractivity contribution in [1.82, 2.24) is 5.32 Å². The van der Waals surface area contributed by atoms with Crippen molar-refractivity contribution < 1.29 is 4.74 Å². The van der Waals surface area contributed by atoms with Gasteiger partial charge in [-0.3, -0.25) is 0 Å². The lowest BCUT2D eigenvalue weighted by molar-refractivity contribution is 0.101. The molecule has 2 rings (SSSR count). The summed E-state index contributed by atoms with van der Waals surface area (Å²) in [6.45, 7) is 4.21. The maximum atomic E-state index is 6.27. The summed E-state index contributed by atoms with van der Waals surface area (Å²) in [5.41, 5.74) is 0. The summed E-state index contributed by atoms with van der Waals surface area (Å²) in [7, 11) is 0. The van der Waals surface area contributed by atoms with Crippen LogP contribution < -0.4 is 5.32 Å². The summed E-state index contributed by atoms with van der Waals surface area (Å²) in [6, 6.07) is 2.41. The van der Waals surface area contributed by atoms with Crippen LogP contribution >= 0.6 is 22.9 Å². The molecule has 0 spiro atoms. The van der Waals surface area contributed by atoms with Crippen molar-refractivity contribution in [2.45, 2.75) is 57.6 Å². The molecular formula is C15H24ClNOS. The Bertz CT molecular complexity index is 363. The van der Waals surface area contributed by atoms with E-state index in [0.717, 1.165) is 31.0 Å². The second-order valence-electron chi connectivity index (χ2n) is 5.21. The molecule has 0 saturated carbocycles. The van der Waals surface area contributed by atoms with E-state index in [-0.39, 0.29) is 0 Å². The van der Waals surface area contributed by atoms with Gasteiger partial charge in [-0.1, -0.05) is 18.5 Å². The van der Waals surface area contributed by atoms with Crippen LogP contribution in [0.5, 0.6) is 0 Å². The van der Waals surface area contributed by atoms with Crippen molar-refractivity contribution in [3.8, 4) is 0 Å². The fourth-order valence-corrected chi connectivity index (χ4v) is 3.92. The maximum absolute atomic E-state index is 6.27. The highest BCUT2D eigenvalue weighted by atomic mass is 35.5. The second kappa shape index (κ2) is 8.25. The van der Waals surface area contributed by atoms with E-state index in [1.54, 1.807) is 11.3 Å². The Morgan fingerprint density at radius 1 is 1.58 bits per heavy atom. The number of thiophene rings is 1. The van der Waals surface area contributed by atoms with Crippen LogP contribution in [-0.2, 0) is 4.74 Å². The number of hydrogen-bond acceptors (Lipinski definition) is 3. The van der Waals surface area contributed by atoms with Crippen molar-refractivity contribution in [1.29, 1.82) is 0 Å². The molecule has 0 amide bonds. The van der Waals surface area contributed by atoms with Crippen LogP contribution in [0.15, 0.2) is 11.4 Å². The highest BCUT2D eigenvalue weighted by molar-refractivity contribution is 7.10. The first-order valence-corrected chi connectivity index (χ1v) is 8.65. The van der Waals surface area contributed by atoms with Crippen LogP contribution in [-0.4, -0.2) is 19.3 Å². The average Bonchev–Trinajstić information content (AvgIpc) is 3.05. The van der Waals surface area contributed by atoms with Crippen LogP contribution in [0.2, 0.25) is 5.02 Å². The molecule has 2 atom stereocenters. The fourth-order valence-electron chi connectivity index (χ4n) is 2.62. The Kier molecular flexibility index (Phi) is 6.65. The predicted molar refractivity (Wildman–Crippen MR) is 83.2 cm³/mol. The van der Waals surface area contributed by atoms with Gasteiger partial charge in [0.1, 0.15) is 0 Å². The van der Waals surface area contributed by atoms with E-state index in [4.69, 9.17) is 16.3 Å². The third kappa shape index (κ3) is 4.75. The molecule has 0 aromatic carbocycles. The van der Waals surface area contributed by atoms with E-state index >= 15 is 0 Å². The molecule has 19 heavy (non-hydrogen) atoms. The number of nitrogens with one attached hydrogen (secondary N) is 1. The van der Waals surface area contributed by atoms with E-state index in [2.05, 4.69) is 17.6 Å². The van der Waals surface area contributed by atoms with Gasteiger partial charge in [0.25, 0.3) is 0 Å². The minimum atomic E-state index is 0.411. The van der Waals surface area contributed by atoms with Crippen LogP contribution in [0.25, 0.3) is 0 Å². The van der Waals surface area contributed by atoms with Gasteiger partial charge >= 0.3 is 0 Å². The number of hydrogen-bond donors (Lipinski definition) is 1. The highest BCUT2D eigenvalue weighted by Gasteiger charge is 2.18. The first kappa shape index (κ1) is 15.3. The molecule has 0 radical (unpaired) electrons. The molecule has 1 fully saturated rings. The summed E-state index contributed by atoms with van der Waals surface area (Å²) < 4.78 is 5.69. The van der Waals surface area contributed by atoms with Crippen LogP contribution in [0.4, 0.5) is 0 Å². The van der Waals surface area contributed by atoms with E-state index in [0.29, 0.717) is 12.1 Å². The van der Waals surface area contributed by atoms with Gasteiger partial charge in [-0.15, -0.1) is 11.3 Å². The fraction of sp³-hybridized carbons (Fsp3) is 0.733. The van der Waals surface area contributed by atoms with Crippen molar-refractivity contribution in [2.24, 2.45) is 0 Å². The van der Waals surface area contributed by atoms with Gasteiger partial charge in [-0.05, 0) is 56.5 Å². The van der Waals surface area contributed by atoms with Gasteiger partial charge < -0.3 is 10.1 Å². The molecule has 2 heterocycles. The summed E-state index contributed by atoms with van der Waals surface area (Å²) in [5, 5.41) is 6.62. The Labute approximate surface area is 125 Å². The third-order valence-electron chi connectivity index (χ3n) is 3.64. The highest BCUT2D eigenvalue weighted by Crippen LogP contribution is 2.32. The molecule has 108 valence electrons. The topological polar surface area (TPSA) is 21.3 Å². The van der Waals surface area contributed by atoms with Gasteiger partial charge in [0.2, 0.25) is 0 Å². The second-order valence-corrected chi connectivity index (χ2v) is 6.56. The number of ether oxygens (including phenoxy) is 1. The number of halogens is 1. The van der Waals surface area contributed by atoms with Gasteiger partial charge in [0.05, 0.1) is 11.1 Å². The summed E-state index contributed by atoms with van der Waals surface area (Å²) in [6.07, 6.45) is 7.69. The van der Waals surface area contributed by atoms with Gasteiger partial charge in [-0.25, -0.2) is 0 Å². The Morgan fingerprint density at radius 2 is 2.47 bits per heavy atom. The molecule has 4 heteroatoms. The van der Waals surface area contributed by atoms with Crippen molar-refractivity contribution in [3.63, 3.8) is 0 Å². The zero-order valence-electron chi connectivity index (χ0n) is 11.7. The molecule has 1 aliphatic heterocycles. The molecule has 1 aliphatic rings. The Morgan fingerprint density at radius 3 is 3.11 bits per heavy atom. The minimum Gasteiger partial charge on any atom is -0.378 e. The molecule has 1 saturated heterocycles. The molecule has 2 unspecified atom stereocenters. The molecule has 1 aromatic rings. The molecule has 0 aliphatic carbocycles. The minimum absolute atomic E-state index is 0.411. The lowest BCUT2D eigenvalue weighted by Crippen LogP contribution is -2.22. The van der Waals surface area contributed by atoms with Crippen molar-refractivity contribution in [2.75, 3.05) is 13.2 Å². The monoisotopic (exact) mass is 301 g/mol. The maximum Gasteiger partial charge on any atom is 0.0576 e. The molecule has 1 N–H and O–H groups in total. The molecule has 0 bridgehead atoms. The lowest BCUT2D eigenvalue weighted by atomic mass is 10.0. The predicted octanol–water partition coefficient (Wildman–Crippen LogP) is 4.79. The van der Waals surface area contributed by atoms with Crippen LogP contribution in [0.3, 0.4) is 0 Å². The van der Waals surface area contributed by atoms with E-state index in [1.165, 1.54) is 30.6 Å². The van der Waals surface area contributed by atoms with Crippen molar-refractivity contribution in [3.05, 3.63) is 21.3 Å². The Hall–Kier alpha value is -0.0900. The van der Waals surface area contributed by atoms with E-state index in [9.17, 15) is 0 Å². The first-order valence-electron chi connectivity index (χ1n) is 7.39. The standard InChI is InChI=1S/C15H24ClNOS/c1-2-9-17-14(15-13(16)8-11-19-15)7-3-5-12-6-4-10-18-12/h8,11-12,14,17H,2-7,9-10H2,1H3. The summed E-state index contributed by atoms with van der Waals surface area (Å²) >= 11 is 8.03. The van der Waals surface area contributed by atoms with Crippen LogP contribution in [0.1, 0.15) is 56.4 Å². The normalized spacial score (nSPS) is 20.8. The van der Waals surface area contributed by atoms with E-state index < -0.39 is 0 Å². The Balaban J connectivity index is 1.81. The van der Waals surface area contributed by atoms with Gasteiger partial charge in [0.15, 0.2) is 0 Å². The van der Waals surface area contributed by atoms with Gasteiger partial charge in [0, 0.05) is 17.5 Å². The number of rotatable bonds is 8. The van der Waals surface area contributed by atoms with Gasteiger partial charge in [-0.2, -0.15) is 0 Å². The largest absolute Gasteiger partial charge is 0.378 e. The molecule has 1 aromatic heterocycles. The lowest BCUT2D eigenvalue weighted by Gasteiger charge is -2.18. The average molecular weight is 302 g/mol. The molecular weight excluding hydrogens is 278 g/mol. The quantitative estimate of drug-likeness (QED) is 0.745. The van der Waals surface area contributed by atoms with Crippen LogP contribution in [0, 0.1) is 0 Å². The first-order chi connectivity index (χ1) is 9.31. The molecule has 2 nitrogen and oxygen atoms in total. The summed E-state index contributed by atoms with van der Waals surface area (Å²) in [4.78, 5) is 1.29. The summed E-state index contributed by atoms with van der Waals surface area (Å²) in [5.74, 6) is 0. The zero-order chi connectivity index (χ0) is 13.5.